The van der Waals surface area contributed by atoms with Crippen molar-refractivity contribution < 1.29 is 4.79 Å². The Morgan fingerprint density at radius 1 is 1.30 bits per heavy atom. The number of carbonyl (C=O) groups excluding carboxylic acids is 1. The summed E-state index contributed by atoms with van der Waals surface area (Å²) in [4.78, 5) is 12.5. The number of fused-ring (bicyclic) bond motifs is 1. The number of anilines is 1. The molecule has 0 radical (unpaired) electrons. The van der Waals surface area contributed by atoms with E-state index >= 15 is 0 Å². The first-order valence-electron chi connectivity index (χ1n) is 7.31. The van der Waals surface area contributed by atoms with Crippen LogP contribution in [0.1, 0.15) is 27.2 Å². The Morgan fingerprint density at radius 2 is 2.22 bits per heavy atom. The number of aromatic nitrogens is 2. The molecule has 1 amide bonds. The number of thiophene rings is 1. The summed E-state index contributed by atoms with van der Waals surface area (Å²) in [5, 5.41) is 11.6. The minimum atomic E-state index is -0.0836. The minimum absolute atomic E-state index is 0.0836. The summed E-state index contributed by atoms with van der Waals surface area (Å²) < 4.78 is 1.86. The van der Waals surface area contributed by atoms with Crippen LogP contribution in [0, 0.1) is 6.92 Å². The second kappa shape index (κ2) is 5.86. The van der Waals surface area contributed by atoms with E-state index in [0.29, 0.717) is 5.56 Å². The Kier molecular flexibility index (Phi) is 3.71. The predicted molar refractivity (Wildman–Crippen MR) is 95.6 cm³/mol. The van der Waals surface area contributed by atoms with Crippen molar-refractivity contribution in [3.8, 4) is 5.69 Å². The molecule has 0 atom stereocenters. The molecule has 3 aromatic rings. The maximum atomic E-state index is 12.5. The molecule has 1 aliphatic heterocycles. The van der Waals surface area contributed by atoms with Crippen LogP contribution >= 0.6 is 23.1 Å². The van der Waals surface area contributed by atoms with Gasteiger partial charge in [-0.3, -0.25) is 4.79 Å². The van der Waals surface area contributed by atoms with Crippen LogP contribution in [0.5, 0.6) is 0 Å². The molecule has 0 saturated carbocycles. The van der Waals surface area contributed by atoms with Crippen LogP contribution in [0.4, 0.5) is 5.82 Å². The number of amides is 1. The van der Waals surface area contributed by atoms with E-state index in [9.17, 15) is 4.79 Å². The van der Waals surface area contributed by atoms with E-state index in [-0.39, 0.29) is 5.91 Å². The van der Waals surface area contributed by atoms with Crippen LogP contribution in [0.3, 0.4) is 0 Å². The molecule has 0 spiro atoms. The third kappa shape index (κ3) is 2.68. The summed E-state index contributed by atoms with van der Waals surface area (Å²) >= 11 is 3.35. The fraction of sp³-hybridized carbons (Fsp3) is 0.176. The van der Waals surface area contributed by atoms with Crippen molar-refractivity contribution in [2.75, 3.05) is 5.32 Å². The van der Waals surface area contributed by atoms with E-state index in [0.717, 1.165) is 34.3 Å². The summed E-state index contributed by atoms with van der Waals surface area (Å²) in [5.41, 5.74) is 5.04. The van der Waals surface area contributed by atoms with Gasteiger partial charge in [0, 0.05) is 22.4 Å². The molecule has 4 nitrogen and oxygen atoms in total. The Hall–Kier alpha value is -2.05. The third-order valence-corrected chi connectivity index (χ3v) is 5.47. The quantitative estimate of drug-likeness (QED) is 0.775. The lowest BCUT2D eigenvalue weighted by Crippen LogP contribution is -2.15. The molecule has 0 saturated heterocycles. The van der Waals surface area contributed by atoms with Gasteiger partial charge in [0.1, 0.15) is 5.82 Å². The van der Waals surface area contributed by atoms with Gasteiger partial charge in [0.2, 0.25) is 0 Å². The molecule has 116 valence electrons. The Balaban J connectivity index is 1.77. The van der Waals surface area contributed by atoms with Crippen LogP contribution in [0.25, 0.3) is 5.69 Å². The number of rotatable bonds is 3. The number of thioether (sulfide) groups is 1. The Morgan fingerprint density at radius 3 is 3.00 bits per heavy atom. The van der Waals surface area contributed by atoms with Gasteiger partial charge in [-0.25, -0.2) is 4.68 Å². The number of nitrogens with one attached hydrogen (secondary N) is 1. The van der Waals surface area contributed by atoms with Crippen molar-refractivity contribution in [1.29, 1.82) is 0 Å². The van der Waals surface area contributed by atoms with E-state index < -0.39 is 0 Å². The maximum absolute atomic E-state index is 12.5. The van der Waals surface area contributed by atoms with Crippen LogP contribution in [-0.4, -0.2) is 15.7 Å². The zero-order valence-electron chi connectivity index (χ0n) is 12.6. The van der Waals surface area contributed by atoms with Gasteiger partial charge in [-0.2, -0.15) is 28.2 Å². The number of aryl methyl sites for hydroxylation is 1. The smallest absolute Gasteiger partial charge is 0.257 e. The molecule has 1 N–H and O–H groups in total. The first-order valence-corrected chi connectivity index (χ1v) is 9.41. The zero-order valence-corrected chi connectivity index (χ0v) is 14.2. The van der Waals surface area contributed by atoms with E-state index in [1.54, 1.807) is 0 Å². The lowest BCUT2D eigenvalue weighted by atomic mass is 10.2. The average Bonchev–Trinajstić information content (AvgIpc) is 3.25. The second-order valence-electron chi connectivity index (χ2n) is 5.48. The van der Waals surface area contributed by atoms with Gasteiger partial charge in [-0.05, 0) is 36.1 Å². The predicted octanol–water partition coefficient (Wildman–Crippen LogP) is 4.24. The molecule has 23 heavy (non-hydrogen) atoms. The molecule has 0 unspecified atom stereocenters. The summed E-state index contributed by atoms with van der Waals surface area (Å²) in [6, 6.07) is 10.00. The van der Waals surface area contributed by atoms with Gasteiger partial charge < -0.3 is 5.32 Å². The van der Waals surface area contributed by atoms with E-state index in [4.69, 9.17) is 5.10 Å². The van der Waals surface area contributed by atoms with Crippen molar-refractivity contribution in [2.24, 2.45) is 0 Å². The Labute approximate surface area is 142 Å². The van der Waals surface area contributed by atoms with Gasteiger partial charge >= 0.3 is 0 Å². The van der Waals surface area contributed by atoms with Crippen molar-refractivity contribution in [1.82, 2.24) is 9.78 Å². The van der Waals surface area contributed by atoms with Crippen LogP contribution in [-0.2, 0) is 11.5 Å². The molecule has 1 aliphatic rings. The second-order valence-corrected chi connectivity index (χ2v) is 7.25. The molecule has 1 aromatic carbocycles. The highest BCUT2D eigenvalue weighted by Crippen LogP contribution is 2.36. The van der Waals surface area contributed by atoms with E-state index in [2.05, 4.69) is 24.4 Å². The van der Waals surface area contributed by atoms with Gasteiger partial charge in [-0.1, -0.05) is 12.1 Å². The first kappa shape index (κ1) is 14.5. The number of carbonyl (C=O) groups is 1. The average molecular weight is 341 g/mol. The van der Waals surface area contributed by atoms with Crippen LogP contribution < -0.4 is 5.32 Å². The molecule has 0 aliphatic carbocycles. The molecular weight excluding hydrogens is 326 g/mol. The molecule has 6 heteroatoms. The molecule has 0 fully saturated rings. The summed E-state index contributed by atoms with van der Waals surface area (Å²) in [5.74, 6) is 2.50. The lowest BCUT2D eigenvalue weighted by molar-refractivity contribution is 0.102. The van der Waals surface area contributed by atoms with Gasteiger partial charge in [0.25, 0.3) is 5.91 Å². The van der Waals surface area contributed by atoms with Crippen molar-refractivity contribution >= 4 is 34.8 Å². The van der Waals surface area contributed by atoms with Crippen molar-refractivity contribution in [3.05, 3.63) is 63.5 Å². The SMILES string of the molecule is Cc1cccc(-n2nc3c(c2NC(=O)c2ccsc2)CSC3)c1. The highest BCUT2D eigenvalue weighted by Gasteiger charge is 2.25. The highest BCUT2D eigenvalue weighted by atomic mass is 32.2. The fourth-order valence-corrected chi connectivity index (χ4v) is 4.33. The van der Waals surface area contributed by atoms with E-state index in [1.165, 1.54) is 16.9 Å². The third-order valence-electron chi connectivity index (χ3n) is 3.81. The van der Waals surface area contributed by atoms with Crippen molar-refractivity contribution in [3.63, 3.8) is 0 Å². The number of benzene rings is 1. The Bertz CT molecular complexity index is 868. The fourth-order valence-electron chi connectivity index (χ4n) is 2.66. The molecule has 0 bridgehead atoms. The highest BCUT2D eigenvalue weighted by molar-refractivity contribution is 7.98. The first-order chi connectivity index (χ1) is 11.2. The number of nitrogens with zero attached hydrogens (tertiary/aromatic N) is 2. The van der Waals surface area contributed by atoms with Gasteiger partial charge in [0.05, 0.1) is 16.9 Å². The zero-order chi connectivity index (χ0) is 15.8. The summed E-state index contributed by atoms with van der Waals surface area (Å²) in [6.07, 6.45) is 0. The monoisotopic (exact) mass is 341 g/mol. The standard InChI is InChI=1S/C17H15N3OS2/c1-11-3-2-4-13(7-11)20-16(14-9-23-10-15(14)19-20)18-17(21)12-5-6-22-8-12/h2-8H,9-10H2,1H3,(H,18,21). The minimum Gasteiger partial charge on any atom is -0.306 e. The van der Waals surface area contributed by atoms with Crippen LogP contribution in [0.15, 0.2) is 41.1 Å². The maximum Gasteiger partial charge on any atom is 0.257 e. The van der Waals surface area contributed by atoms with Crippen molar-refractivity contribution in [2.45, 2.75) is 18.4 Å². The number of hydrogen-bond acceptors (Lipinski definition) is 4. The van der Waals surface area contributed by atoms with Crippen LogP contribution in [0.2, 0.25) is 0 Å². The van der Waals surface area contributed by atoms with Gasteiger partial charge in [-0.15, -0.1) is 0 Å². The molecular formula is C17H15N3OS2. The molecule has 2 aromatic heterocycles. The molecule has 4 rings (SSSR count). The lowest BCUT2D eigenvalue weighted by Gasteiger charge is -2.11. The van der Waals surface area contributed by atoms with E-state index in [1.807, 2.05) is 45.4 Å². The largest absolute Gasteiger partial charge is 0.306 e. The topological polar surface area (TPSA) is 46.9 Å². The normalized spacial score (nSPS) is 13.1. The number of hydrogen-bond donors (Lipinski definition) is 1. The summed E-state index contributed by atoms with van der Waals surface area (Å²) in [7, 11) is 0. The summed E-state index contributed by atoms with van der Waals surface area (Å²) in [6.45, 7) is 2.06. The molecule has 3 heterocycles. The van der Waals surface area contributed by atoms with Gasteiger partial charge in [0.15, 0.2) is 0 Å².